The minimum atomic E-state index is -0.948. The topological polar surface area (TPSA) is 38.7 Å². The van der Waals surface area contributed by atoms with Gasteiger partial charge in [-0.2, -0.15) is 0 Å². The molecular formula is C8H14O3. The Morgan fingerprint density at radius 1 is 1.27 bits per heavy atom. The van der Waals surface area contributed by atoms with Gasteiger partial charge in [-0.3, -0.25) is 0 Å². The highest BCUT2D eigenvalue weighted by Gasteiger charge is 2.42. The first-order valence-corrected chi connectivity index (χ1v) is 4.29. The van der Waals surface area contributed by atoms with E-state index in [1.165, 1.54) is 0 Å². The van der Waals surface area contributed by atoms with Crippen LogP contribution in [0.3, 0.4) is 0 Å². The number of aliphatic hydroxyl groups is 1. The number of hydrogen-bond acceptors (Lipinski definition) is 3. The second-order valence-electron chi connectivity index (χ2n) is 3.30. The van der Waals surface area contributed by atoms with E-state index < -0.39 is 5.79 Å². The Balaban J connectivity index is 2.06. The van der Waals surface area contributed by atoms with Gasteiger partial charge in [-0.05, 0) is 12.8 Å². The van der Waals surface area contributed by atoms with E-state index in [2.05, 4.69) is 0 Å². The lowest BCUT2D eigenvalue weighted by Crippen LogP contribution is -2.52. The molecule has 1 heterocycles. The summed E-state index contributed by atoms with van der Waals surface area (Å²) in [6, 6.07) is 0. The van der Waals surface area contributed by atoms with Crippen molar-refractivity contribution in [3.63, 3.8) is 0 Å². The summed E-state index contributed by atoms with van der Waals surface area (Å²) in [7, 11) is 0. The molecule has 0 amide bonds. The van der Waals surface area contributed by atoms with Crippen LogP contribution in [0.2, 0.25) is 0 Å². The van der Waals surface area contributed by atoms with Crippen LogP contribution in [-0.4, -0.2) is 30.2 Å². The average Bonchev–Trinajstić information content (AvgIpc) is 2.03. The second-order valence-corrected chi connectivity index (χ2v) is 3.30. The maximum absolute atomic E-state index is 9.84. The Bertz CT molecular complexity index is 134. The summed E-state index contributed by atoms with van der Waals surface area (Å²) in [6.07, 6.45) is 3.81. The molecule has 0 aromatic carbocycles. The Morgan fingerprint density at radius 3 is 3.00 bits per heavy atom. The molecule has 2 rings (SSSR count). The van der Waals surface area contributed by atoms with Crippen molar-refractivity contribution in [3.05, 3.63) is 0 Å². The summed E-state index contributed by atoms with van der Waals surface area (Å²) in [5.41, 5.74) is 0. The van der Waals surface area contributed by atoms with E-state index >= 15 is 0 Å². The maximum atomic E-state index is 9.84. The molecule has 1 saturated heterocycles. The summed E-state index contributed by atoms with van der Waals surface area (Å²) in [6.45, 7) is 1.17. The van der Waals surface area contributed by atoms with Gasteiger partial charge in [0.1, 0.15) is 6.10 Å². The zero-order valence-electron chi connectivity index (χ0n) is 6.58. The van der Waals surface area contributed by atoms with Gasteiger partial charge < -0.3 is 14.6 Å². The van der Waals surface area contributed by atoms with Gasteiger partial charge in [0.2, 0.25) is 0 Å². The molecule has 64 valence electrons. The van der Waals surface area contributed by atoms with Gasteiger partial charge in [-0.15, -0.1) is 0 Å². The molecule has 1 saturated carbocycles. The van der Waals surface area contributed by atoms with Gasteiger partial charge in [-0.25, -0.2) is 0 Å². The Hall–Kier alpha value is -0.120. The van der Waals surface area contributed by atoms with Crippen LogP contribution < -0.4 is 0 Å². The van der Waals surface area contributed by atoms with Gasteiger partial charge in [0.25, 0.3) is 0 Å². The van der Waals surface area contributed by atoms with Crippen LogP contribution in [-0.2, 0) is 9.47 Å². The molecule has 1 aliphatic carbocycles. The Labute approximate surface area is 66.3 Å². The zero-order valence-corrected chi connectivity index (χ0v) is 6.58. The zero-order chi connectivity index (χ0) is 7.73. The van der Waals surface area contributed by atoms with Crippen LogP contribution in [0.1, 0.15) is 25.7 Å². The first-order chi connectivity index (χ1) is 5.31. The smallest absolute Gasteiger partial charge is 0.192 e. The SMILES string of the molecule is OC12CCCCC1OCCO2. The molecule has 0 aromatic heterocycles. The molecule has 0 radical (unpaired) electrons. The van der Waals surface area contributed by atoms with Gasteiger partial charge in [-0.1, -0.05) is 6.42 Å². The van der Waals surface area contributed by atoms with Crippen LogP contribution in [0, 0.1) is 0 Å². The highest BCUT2D eigenvalue weighted by molar-refractivity contribution is 4.85. The van der Waals surface area contributed by atoms with Crippen LogP contribution in [0.4, 0.5) is 0 Å². The van der Waals surface area contributed by atoms with Gasteiger partial charge in [0.15, 0.2) is 5.79 Å². The lowest BCUT2D eigenvalue weighted by molar-refractivity contribution is -0.316. The Kier molecular flexibility index (Phi) is 1.87. The summed E-state index contributed by atoms with van der Waals surface area (Å²) in [5, 5.41) is 9.84. The van der Waals surface area contributed by atoms with Crippen LogP contribution >= 0.6 is 0 Å². The van der Waals surface area contributed by atoms with E-state index in [1.54, 1.807) is 0 Å². The first-order valence-electron chi connectivity index (χ1n) is 4.29. The van der Waals surface area contributed by atoms with E-state index in [9.17, 15) is 5.11 Å². The highest BCUT2D eigenvalue weighted by atomic mass is 16.7. The van der Waals surface area contributed by atoms with Gasteiger partial charge in [0.05, 0.1) is 13.2 Å². The minimum Gasteiger partial charge on any atom is -0.370 e. The molecule has 3 heteroatoms. The van der Waals surface area contributed by atoms with E-state index in [0.29, 0.717) is 13.2 Å². The largest absolute Gasteiger partial charge is 0.370 e. The third kappa shape index (κ3) is 1.28. The molecule has 0 bridgehead atoms. The van der Waals surface area contributed by atoms with Crippen LogP contribution in [0.5, 0.6) is 0 Å². The van der Waals surface area contributed by atoms with Gasteiger partial charge >= 0.3 is 0 Å². The van der Waals surface area contributed by atoms with E-state index in [1.807, 2.05) is 0 Å². The Morgan fingerprint density at radius 2 is 2.18 bits per heavy atom. The average molecular weight is 158 g/mol. The lowest BCUT2D eigenvalue weighted by atomic mass is 9.90. The molecule has 11 heavy (non-hydrogen) atoms. The normalized spacial score (nSPS) is 45.0. The predicted octanol–water partition coefficient (Wildman–Crippen LogP) is 0.664. The summed E-state index contributed by atoms with van der Waals surface area (Å²) < 4.78 is 10.7. The molecule has 0 aromatic rings. The molecule has 2 atom stereocenters. The molecule has 1 aliphatic heterocycles. The van der Waals surface area contributed by atoms with E-state index in [-0.39, 0.29) is 6.10 Å². The van der Waals surface area contributed by atoms with Crippen molar-refractivity contribution in [2.75, 3.05) is 13.2 Å². The molecular weight excluding hydrogens is 144 g/mol. The number of fused-ring (bicyclic) bond motifs is 1. The van der Waals surface area contributed by atoms with Crippen molar-refractivity contribution in [2.24, 2.45) is 0 Å². The van der Waals surface area contributed by atoms with Crippen LogP contribution in [0.15, 0.2) is 0 Å². The predicted molar refractivity (Wildman–Crippen MR) is 39.1 cm³/mol. The van der Waals surface area contributed by atoms with Crippen molar-refractivity contribution >= 4 is 0 Å². The minimum absolute atomic E-state index is 0.0648. The molecule has 0 spiro atoms. The van der Waals surface area contributed by atoms with Crippen molar-refractivity contribution in [1.29, 1.82) is 0 Å². The highest BCUT2D eigenvalue weighted by Crippen LogP contribution is 2.33. The maximum Gasteiger partial charge on any atom is 0.192 e. The van der Waals surface area contributed by atoms with Crippen molar-refractivity contribution < 1.29 is 14.6 Å². The summed E-state index contributed by atoms with van der Waals surface area (Å²) in [4.78, 5) is 0. The standard InChI is InChI=1S/C8H14O3/c9-8-4-2-1-3-7(8)10-5-6-11-8/h7,9H,1-6H2. The molecule has 3 nitrogen and oxygen atoms in total. The fraction of sp³-hybridized carbons (Fsp3) is 1.00. The molecule has 2 unspecified atom stereocenters. The summed E-state index contributed by atoms with van der Waals surface area (Å²) in [5.74, 6) is -0.948. The summed E-state index contributed by atoms with van der Waals surface area (Å²) >= 11 is 0. The quantitative estimate of drug-likeness (QED) is 0.563. The monoisotopic (exact) mass is 158 g/mol. The third-order valence-corrected chi connectivity index (χ3v) is 2.51. The van der Waals surface area contributed by atoms with E-state index in [0.717, 1.165) is 25.7 Å². The second kappa shape index (κ2) is 2.73. The molecule has 1 N–H and O–H groups in total. The van der Waals surface area contributed by atoms with Crippen molar-refractivity contribution in [3.8, 4) is 0 Å². The van der Waals surface area contributed by atoms with Crippen LogP contribution in [0.25, 0.3) is 0 Å². The van der Waals surface area contributed by atoms with E-state index in [4.69, 9.17) is 9.47 Å². The van der Waals surface area contributed by atoms with Gasteiger partial charge in [0, 0.05) is 6.42 Å². The third-order valence-electron chi connectivity index (χ3n) is 2.51. The lowest BCUT2D eigenvalue weighted by Gasteiger charge is -2.42. The first kappa shape index (κ1) is 7.53. The fourth-order valence-corrected chi connectivity index (χ4v) is 1.88. The fourth-order valence-electron chi connectivity index (χ4n) is 1.88. The molecule has 2 fully saturated rings. The molecule has 2 aliphatic rings. The number of ether oxygens (including phenoxy) is 2. The van der Waals surface area contributed by atoms with Crippen molar-refractivity contribution in [2.45, 2.75) is 37.6 Å². The number of rotatable bonds is 0. The number of hydrogen-bond donors (Lipinski definition) is 1. The van der Waals surface area contributed by atoms with Crippen molar-refractivity contribution in [1.82, 2.24) is 0 Å².